The molecule has 1 aromatic heterocycles. The second-order valence-corrected chi connectivity index (χ2v) is 5.73. The zero-order chi connectivity index (χ0) is 13.8. The quantitative estimate of drug-likeness (QED) is 0.800. The van der Waals surface area contributed by atoms with E-state index in [1.165, 1.54) is 24.5 Å². The predicted molar refractivity (Wildman–Crippen MR) is 65.4 cm³/mol. The van der Waals surface area contributed by atoms with Crippen LogP contribution in [0.15, 0.2) is 29.4 Å². The normalized spacial score (nSPS) is 15.0. The maximum Gasteiger partial charge on any atom is 0.322 e. The standard InChI is InChI=1S/C11H16N2O4S/c1-3-8(2)10(11(14)15)13-18(16,17)9-5-4-6-12-7-9/h4-8,10,13H,3H2,1-2H3,(H,14,15). The van der Waals surface area contributed by atoms with Crippen molar-refractivity contribution in [2.45, 2.75) is 31.2 Å². The molecule has 1 aromatic rings. The molecule has 0 aromatic carbocycles. The van der Waals surface area contributed by atoms with Gasteiger partial charge < -0.3 is 5.11 Å². The van der Waals surface area contributed by atoms with E-state index in [1.807, 2.05) is 0 Å². The van der Waals surface area contributed by atoms with Gasteiger partial charge in [-0.1, -0.05) is 20.3 Å². The summed E-state index contributed by atoms with van der Waals surface area (Å²) >= 11 is 0. The number of hydrogen-bond donors (Lipinski definition) is 2. The van der Waals surface area contributed by atoms with Crippen molar-refractivity contribution in [2.75, 3.05) is 0 Å². The van der Waals surface area contributed by atoms with Crippen LogP contribution in [0.5, 0.6) is 0 Å². The number of aliphatic carboxylic acids is 1. The molecule has 0 spiro atoms. The van der Waals surface area contributed by atoms with Gasteiger partial charge in [0.1, 0.15) is 10.9 Å². The summed E-state index contributed by atoms with van der Waals surface area (Å²) in [5, 5.41) is 9.04. The molecule has 2 unspecified atom stereocenters. The van der Waals surface area contributed by atoms with Crippen LogP contribution < -0.4 is 4.72 Å². The highest BCUT2D eigenvalue weighted by molar-refractivity contribution is 7.89. The average Bonchev–Trinajstić information content (AvgIpc) is 2.36. The van der Waals surface area contributed by atoms with E-state index in [9.17, 15) is 13.2 Å². The maximum absolute atomic E-state index is 12.0. The molecule has 1 heterocycles. The van der Waals surface area contributed by atoms with Crippen LogP contribution in [-0.4, -0.2) is 30.5 Å². The van der Waals surface area contributed by atoms with Gasteiger partial charge in [-0.25, -0.2) is 8.42 Å². The SMILES string of the molecule is CCC(C)C(NS(=O)(=O)c1cccnc1)C(=O)O. The Kier molecular flexibility index (Phi) is 4.80. The highest BCUT2D eigenvalue weighted by Gasteiger charge is 2.29. The van der Waals surface area contributed by atoms with Gasteiger partial charge in [-0.3, -0.25) is 9.78 Å². The number of nitrogens with one attached hydrogen (secondary N) is 1. The van der Waals surface area contributed by atoms with Crippen LogP contribution in [0.3, 0.4) is 0 Å². The summed E-state index contributed by atoms with van der Waals surface area (Å²) in [5.74, 6) is -1.48. The van der Waals surface area contributed by atoms with Gasteiger partial charge in [0.2, 0.25) is 10.0 Å². The molecule has 0 amide bonds. The first kappa shape index (κ1) is 14.6. The minimum absolute atomic E-state index is 0.0421. The van der Waals surface area contributed by atoms with E-state index in [1.54, 1.807) is 13.8 Å². The number of aromatic nitrogens is 1. The van der Waals surface area contributed by atoms with Gasteiger partial charge in [-0.15, -0.1) is 0 Å². The molecule has 0 bridgehead atoms. The van der Waals surface area contributed by atoms with Crippen LogP contribution in [0.1, 0.15) is 20.3 Å². The Morgan fingerprint density at radius 2 is 2.22 bits per heavy atom. The van der Waals surface area contributed by atoms with Crippen LogP contribution in [0.2, 0.25) is 0 Å². The number of sulfonamides is 1. The fourth-order valence-electron chi connectivity index (χ4n) is 1.39. The van der Waals surface area contributed by atoms with Crippen LogP contribution in [-0.2, 0) is 14.8 Å². The molecule has 0 radical (unpaired) electrons. The van der Waals surface area contributed by atoms with Crippen LogP contribution in [0.25, 0.3) is 0 Å². The van der Waals surface area contributed by atoms with Crippen molar-refractivity contribution in [2.24, 2.45) is 5.92 Å². The molecule has 7 heteroatoms. The first-order valence-electron chi connectivity index (χ1n) is 5.53. The van der Waals surface area contributed by atoms with Crippen molar-refractivity contribution in [3.8, 4) is 0 Å². The average molecular weight is 272 g/mol. The molecule has 0 aliphatic carbocycles. The van der Waals surface area contributed by atoms with E-state index in [-0.39, 0.29) is 10.8 Å². The van der Waals surface area contributed by atoms with Gasteiger partial charge in [0.15, 0.2) is 0 Å². The van der Waals surface area contributed by atoms with Gasteiger partial charge in [0.05, 0.1) is 0 Å². The number of carboxylic acids is 1. The summed E-state index contributed by atoms with van der Waals surface area (Å²) in [6.45, 7) is 3.49. The largest absolute Gasteiger partial charge is 0.480 e. The van der Waals surface area contributed by atoms with Gasteiger partial charge in [-0.2, -0.15) is 4.72 Å². The Labute approximate surface area is 106 Å². The molecule has 0 saturated heterocycles. The second kappa shape index (κ2) is 5.92. The van der Waals surface area contributed by atoms with Crippen molar-refractivity contribution >= 4 is 16.0 Å². The minimum atomic E-state index is -3.85. The van der Waals surface area contributed by atoms with Gasteiger partial charge >= 0.3 is 5.97 Å². The Balaban J connectivity index is 2.97. The van der Waals surface area contributed by atoms with E-state index in [0.717, 1.165) is 0 Å². The van der Waals surface area contributed by atoms with E-state index in [2.05, 4.69) is 9.71 Å². The lowest BCUT2D eigenvalue weighted by Gasteiger charge is -2.19. The van der Waals surface area contributed by atoms with E-state index in [0.29, 0.717) is 6.42 Å². The zero-order valence-corrected chi connectivity index (χ0v) is 11.0. The topological polar surface area (TPSA) is 96.4 Å². The number of hydrogen-bond acceptors (Lipinski definition) is 4. The Bertz CT molecular complexity index is 501. The van der Waals surface area contributed by atoms with Gasteiger partial charge in [0.25, 0.3) is 0 Å². The fraction of sp³-hybridized carbons (Fsp3) is 0.455. The third kappa shape index (κ3) is 3.51. The molecule has 18 heavy (non-hydrogen) atoms. The lowest BCUT2D eigenvalue weighted by Crippen LogP contribution is -2.44. The summed E-state index contributed by atoms with van der Waals surface area (Å²) in [6, 6.07) is 1.71. The molecule has 2 N–H and O–H groups in total. The summed E-state index contributed by atoms with van der Waals surface area (Å²) in [5.41, 5.74) is 0. The smallest absolute Gasteiger partial charge is 0.322 e. The molecule has 0 fully saturated rings. The zero-order valence-electron chi connectivity index (χ0n) is 10.2. The van der Waals surface area contributed by atoms with Crippen LogP contribution >= 0.6 is 0 Å². The molecule has 100 valence electrons. The van der Waals surface area contributed by atoms with Gasteiger partial charge in [-0.05, 0) is 18.1 Å². The number of carbonyl (C=O) groups is 1. The van der Waals surface area contributed by atoms with Crippen molar-refractivity contribution in [3.05, 3.63) is 24.5 Å². The Morgan fingerprint density at radius 1 is 1.56 bits per heavy atom. The summed E-state index contributed by atoms with van der Waals surface area (Å²) in [6.07, 6.45) is 3.19. The number of rotatable bonds is 6. The van der Waals surface area contributed by atoms with Gasteiger partial charge in [0, 0.05) is 12.4 Å². The summed E-state index contributed by atoms with van der Waals surface area (Å²) in [4.78, 5) is 14.7. The molecule has 0 saturated carbocycles. The first-order valence-corrected chi connectivity index (χ1v) is 7.02. The monoisotopic (exact) mass is 272 g/mol. The van der Waals surface area contributed by atoms with E-state index in [4.69, 9.17) is 5.11 Å². The maximum atomic E-state index is 12.0. The van der Waals surface area contributed by atoms with Crippen molar-refractivity contribution in [1.29, 1.82) is 0 Å². The minimum Gasteiger partial charge on any atom is -0.480 e. The molecule has 0 aliphatic rings. The molecular formula is C11H16N2O4S. The number of nitrogens with zero attached hydrogens (tertiary/aromatic N) is 1. The van der Waals surface area contributed by atoms with Crippen molar-refractivity contribution < 1.29 is 18.3 Å². The summed E-state index contributed by atoms with van der Waals surface area (Å²) < 4.78 is 26.1. The first-order chi connectivity index (χ1) is 8.38. The predicted octanol–water partition coefficient (Wildman–Crippen LogP) is 0.859. The lowest BCUT2D eigenvalue weighted by atomic mass is 10.0. The van der Waals surface area contributed by atoms with Crippen molar-refractivity contribution in [1.82, 2.24) is 9.71 Å². The molecule has 2 atom stereocenters. The number of carboxylic acid groups (broad SMARTS) is 1. The van der Waals surface area contributed by atoms with Crippen molar-refractivity contribution in [3.63, 3.8) is 0 Å². The van der Waals surface area contributed by atoms with E-state index < -0.39 is 22.0 Å². The van der Waals surface area contributed by atoms with Crippen LogP contribution in [0, 0.1) is 5.92 Å². The Hall–Kier alpha value is -1.47. The molecular weight excluding hydrogens is 256 g/mol. The Morgan fingerprint density at radius 3 is 2.67 bits per heavy atom. The molecule has 0 aliphatic heterocycles. The second-order valence-electron chi connectivity index (χ2n) is 4.01. The highest BCUT2D eigenvalue weighted by atomic mass is 32.2. The molecule has 1 rings (SSSR count). The van der Waals surface area contributed by atoms with Crippen LogP contribution in [0.4, 0.5) is 0 Å². The lowest BCUT2D eigenvalue weighted by molar-refractivity contribution is -0.140. The fourth-order valence-corrected chi connectivity index (χ4v) is 2.65. The summed E-state index contributed by atoms with van der Waals surface area (Å²) in [7, 11) is -3.85. The third-order valence-electron chi connectivity index (χ3n) is 2.71. The third-order valence-corrected chi connectivity index (χ3v) is 4.13. The highest BCUT2D eigenvalue weighted by Crippen LogP contribution is 2.13. The molecule has 6 nitrogen and oxygen atoms in total. The number of pyridine rings is 1. The van der Waals surface area contributed by atoms with E-state index >= 15 is 0 Å².